The maximum Gasteiger partial charge on any atom is 0.160 e. The van der Waals surface area contributed by atoms with Crippen molar-refractivity contribution in [2.24, 2.45) is 0 Å². The molecule has 56 heavy (non-hydrogen) atoms. The average molecular weight is 732 g/mol. The van der Waals surface area contributed by atoms with Gasteiger partial charge >= 0.3 is 0 Å². The summed E-state index contributed by atoms with van der Waals surface area (Å²) in [4.78, 5) is 11.7. The molecule has 3 aromatic heterocycles. The van der Waals surface area contributed by atoms with Crippen LogP contribution in [0.1, 0.15) is 0 Å². The molecule has 4 heteroatoms. The summed E-state index contributed by atoms with van der Waals surface area (Å²) in [7, 11) is 0. The standard InChI is InChI=1S/C52H33N3S/c1-3-13-42-34(10-1)12-9-16-43(42)35-20-22-36(23-21-35)46-33-47(37-24-26-38(27-25-37)51-32-40-11-2-8-19-50(40)56-51)54-52(53-46)39-28-30-41(31-29-39)55-48-17-6-4-14-44(48)45-15-5-7-18-49(45)55/h1-33H. The Morgan fingerprint density at radius 2 is 0.893 bits per heavy atom. The van der Waals surface area contributed by atoms with E-state index in [0.717, 1.165) is 33.8 Å². The van der Waals surface area contributed by atoms with Crippen LogP contribution in [-0.4, -0.2) is 14.5 Å². The number of benzene rings is 8. The van der Waals surface area contributed by atoms with Crippen LogP contribution in [0.25, 0.3) is 104 Å². The number of rotatable bonds is 6. The van der Waals surface area contributed by atoms with Crippen LogP contribution >= 0.6 is 11.3 Å². The minimum atomic E-state index is 0.693. The number of thiophene rings is 1. The summed E-state index contributed by atoms with van der Waals surface area (Å²) in [6.07, 6.45) is 0. The van der Waals surface area contributed by atoms with Crippen LogP contribution < -0.4 is 0 Å². The summed E-state index contributed by atoms with van der Waals surface area (Å²) in [5.74, 6) is 0.693. The van der Waals surface area contributed by atoms with Gasteiger partial charge in [0.1, 0.15) is 0 Å². The molecule has 0 unspecified atom stereocenters. The van der Waals surface area contributed by atoms with Gasteiger partial charge in [-0.2, -0.15) is 0 Å². The van der Waals surface area contributed by atoms with Crippen molar-refractivity contribution in [2.45, 2.75) is 0 Å². The molecule has 0 N–H and O–H groups in total. The van der Waals surface area contributed by atoms with Gasteiger partial charge in [-0.25, -0.2) is 9.97 Å². The molecule has 11 aromatic rings. The van der Waals surface area contributed by atoms with Crippen molar-refractivity contribution in [3.8, 4) is 61.2 Å². The third-order valence-corrected chi connectivity index (χ3v) is 12.0. The van der Waals surface area contributed by atoms with Crippen LogP contribution in [0.2, 0.25) is 0 Å². The first-order chi connectivity index (χ1) is 27.7. The number of hydrogen-bond donors (Lipinski definition) is 0. The normalized spacial score (nSPS) is 11.6. The number of aromatic nitrogens is 3. The number of hydrogen-bond acceptors (Lipinski definition) is 3. The van der Waals surface area contributed by atoms with Gasteiger partial charge in [-0.15, -0.1) is 11.3 Å². The molecule has 0 aliphatic carbocycles. The second-order valence-electron chi connectivity index (χ2n) is 14.2. The average Bonchev–Trinajstić information content (AvgIpc) is 3.86. The van der Waals surface area contributed by atoms with Crippen molar-refractivity contribution in [3.63, 3.8) is 0 Å². The zero-order valence-electron chi connectivity index (χ0n) is 30.3. The maximum absolute atomic E-state index is 5.22. The highest BCUT2D eigenvalue weighted by molar-refractivity contribution is 7.22. The Balaban J connectivity index is 1.00. The van der Waals surface area contributed by atoms with E-state index in [1.807, 2.05) is 11.3 Å². The zero-order valence-corrected chi connectivity index (χ0v) is 31.1. The molecule has 0 saturated carbocycles. The van der Waals surface area contributed by atoms with E-state index in [0.29, 0.717) is 5.82 Å². The highest BCUT2D eigenvalue weighted by Gasteiger charge is 2.15. The van der Waals surface area contributed by atoms with Gasteiger partial charge in [0.15, 0.2) is 5.82 Å². The van der Waals surface area contributed by atoms with E-state index in [1.165, 1.54) is 64.2 Å². The fraction of sp³-hybridized carbons (Fsp3) is 0. The first-order valence-corrected chi connectivity index (χ1v) is 19.7. The Bertz CT molecular complexity index is 3140. The fourth-order valence-electron chi connectivity index (χ4n) is 8.06. The van der Waals surface area contributed by atoms with Gasteiger partial charge in [0.25, 0.3) is 0 Å². The van der Waals surface area contributed by atoms with Gasteiger partial charge < -0.3 is 4.57 Å². The van der Waals surface area contributed by atoms with Crippen LogP contribution in [0.4, 0.5) is 0 Å². The molecule has 0 saturated heterocycles. The van der Waals surface area contributed by atoms with E-state index in [1.54, 1.807) is 0 Å². The Kier molecular flexibility index (Phi) is 7.68. The van der Waals surface area contributed by atoms with Gasteiger partial charge in [0.2, 0.25) is 0 Å². The van der Waals surface area contributed by atoms with Gasteiger partial charge in [0, 0.05) is 42.7 Å². The molecular formula is C52H33N3S. The van der Waals surface area contributed by atoms with Gasteiger partial charge in [-0.3, -0.25) is 0 Å². The van der Waals surface area contributed by atoms with Crippen LogP contribution in [0.15, 0.2) is 200 Å². The van der Waals surface area contributed by atoms with Crippen LogP contribution in [-0.2, 0) is 0 Å². The summed E-state index contributed by atoms with van der Waals surface area (Å²) >= 11 is 1.83. The Labute approximate surface area is 328 Å². The van der Waals surface area contributed by atoms with Crippen molar-refractivity contribution in [1.82, 2.24) is 14.5 Å². The third kappa shape index (κ3) is 5.58. The highest BCUT2D eigenvalue weighted by atomic mass is 32.1. The lowest BCUT2D eigenvalue weighted by Crippen LogP contribution is -1.97. The van der Waals surface area contributed by atoms with Gasteiger partial charge in [-0.1, -0.05) is 146 Å². The molecular weight excluding hydrogens is 699 g/mol. The Hall–Kier alpha value is -7.14. The predicted molar refractivity (Wildman–Crippen MR) is 236 cm³/mol. The largest absolute Gasteiger partial charge is 0.309 e. The first kappa shape index (κ1) is 32.3. The second kappa shape index (κ2) is 13.3. The molecule has 0 fully saturated rings. The molecule has 0 aliphatic rings. The molecule has 0 bridgehead atoms. The molecule has 0 spiro atoms. The minimum absolute atomic E-state index is 0.693. The SMILES string of the molecule is c1ccc2sc(-c3ccc(-c4cc(-c5ccc(-c6cccc7ccccc67)cc5)nc(-c5ccc(-n6c7ccccc7c7ccccc76)cc5)n4)cc3)cc2c1. The highest BCUT2D eigenvalue weighted by Crippen LogP contribution is 2.37. The summed E-state index contributed by atoms with van der Waals surface area (Å²) in [6.45, 7) is 0. The smallest absolute Gasteiger partial charge is 0.160 e. The minimum Gasteiger partial charge on any atom is -0.309 e. The van der Waals surface area contributed by atoms with E-state index in [9.17, 15) is 0 Å². The Morgan fingerprint density at radius 3 is 1.55 bits per heavy atom. The third-order valence-electron chi connectivity index (χ3n) is 10.9. The van der Waals surface area contributed by atoms with Crippen LogP contribution in [0.3, 0.4) is 0 Å². The van der Waals surface area contributed by atoms with E-state index in [-0.39, 0.29) is 0 Å². The summed E-state index contributed by atoms with van der Waals surface area (Å²) in [5.41, 5.74) is 11.9. The van der Waals surface area contributed by atoms with E-state index < -0.39 is 0 Å². The second-order valence-corrected chi connectivity index (χ2v) is 15.3. The number of nitrogens with zero attached hydrogens (tertiary/aromatic N) is 3. The lowest BCUT2D eigenvalue weighted by Gasteiger charge is -2.12. The molecule has 8 aromatic carbocycles. The maximum atomic E-state index is 5.22. The quantitative estimate of drug-likeness (QED) is 0.170. The molecule has 3 nitrogen and oxygen atoms in total. The number of fused-ring (bicyclic) bond motifs is 5. The summed E-state index contributed by atoms with van der Waals surface area (Å²) in [5, 5.41) is 6.26. The van der Waals surface area contributed by atoms with Crippen molar-refractivity contribution < 1.29 is 0 Å². The fourth-order valence-corrected chi connectivity index (χ4v) is 9.13. The summed E-state index contributed by atoms with van der Waals surface area (Å²) < 4.78 is 3.64. The molecule has 0 aliphatic heterocycles. The van der Waals surface area contributed by atoms with Gasteiger partial charge in [0.05, 0.1) is 22.4 Å². The van der Waals surface area contributed by atoms with E-state index >= 15 is 0 Å². The molecule has 3 heterocycles. The van der Waals surface area contributed by atoms with E-state index in [2.05, 4.69) is 205 Å². The van der Waals surface area contributed by atoms with E-state index in [4.69, 9.17) is 9.97 Å². The zero-order chi connectivity index (χ0) is 37.0. The molecule has 262 valence electrons. The first-order valence-electron chi connectivity index (χ1n) is 18.9. The molecule has 0 atom stereocenters. The molecule has 11 rings (SSSR count). The lowest BCUT2D eigenvalue weighted by molar-refractivity contribution is 1.16. The predicted octanol–water partition coefficient (Wildman–Crippen LogP) is 14.3. The van der Waals surface area contributed by atoms with Crippen molar-refractivity contribution in [2.75, 3.05) is 0 Å². The van der Waals surface area contributed by atoms with Crippen molar-refractivity contribution in [1.29, 1.82) is 0 Å². The van der Waals surface area contributed by atoms with Gasteiger partial charge in [-0.05, 0) is 87.4 Å². The number of para-hydroxylation sites is 2. The molecule has 0 radical (unpaired) electrons. The topological polar surface area (TPSA) is 30.7 Å². The van der Waals surface area contributed by atoms with Crippen LogP contribution in [0.5, 0.6) is 0 Å². The van der Waals surface area contributed by atoms with Crippen molar-refractivity contribution >= 4 is 54.0 Å². The monoisotopic (exact) mass is 731 g/mol. The van der Waals surface area contributed by atoms with Crippen LogP contribution in [0, 0.1) is 0 Å². The molecule has 0 amide bonds. The summed E-state index contributed by atoms with van der Waals surface area (Å²) in [6, 6.07) is 71.5. The lowest BCUT2D eigenvalue weighted by atomic mass is 9.97. The Morgan fingerprint density at radius 1 is 0.375 bits per heavy atom. The van der Waals surface area contributed by atoms with Crippen molar-refractivity contribution in [3.05, 3.63) is 200 Å².